The molecule has 0 radical (unpaired) electrons. The number of aryl methyl sites for hydroxylation is 2. The van der Waals surface area contributed by atoms with Gasteiger partial charge in [0.15, 0.2) is 0 Å². The van der Waals surface area contributed by atoms with E-state index in [2.05, 4.69) is 4.98 Å². The van der Waals surface area contributed by atoms with E-state index in [1.54, 1.807) is 24.3 Å². The van der Waals surface area contributed by atoms with E-state index in [9.17, 15) is 9.59 Å². The van der Waals surface area contributed by atoms with Gasteiger partial charge < -0.3 is 4.74 Å². The summed E-state index contributed by atoms with van der Waals surface area (Å²) in [5.41, 5.74) is 2.41. The van der Waals surface area contributed by atoms with E-state index in [4.69, 9.17) is 4.74 Å². The van der Waals surface area contributed by atoms with Crippen LogP contribution in [-0.2, 0) is 11.3 Å². The summed E-state index contributed by atoms with van der Waals surface area (Å²) in [6.07, 6.45) is 1.38. The number of hydrogen-bond donors (Lipinski definition) is 0. The summed E-state index contributed by atoms with van der Waals surface area (Å²) in [4.78, 5) is 28.7. The Hall–Kier alpha value is -2.95. The van der Waals surface area contributed by atoms with Gasteiger partial charge in [-0.25, -0.2) is 9.78 Å². The molecule has 0 aliphatic heterocycles. The molecule has 0 amide bonds. The number of carbonyl (C=O) groups is 1. The molecule has 1 heterocycles. The summed E-state index contributed by atoms with van der Waals surface area (Å²) in [6, 6.07) is 12.6. The van der Waals surface area contributed by atoms with Crippen LogP contribution >= 0.6 is 0 Å². The largest absolute Gasteiger partial charge is 0.425 e. The summed E-state index contributed by atoms with van der Waals surface area (Å²) < 4.78 is 6.50. The van der Waals surface area contributed by atoms with Gasteiger partial charge in [0.2, 0.25) is 0 Å². The molecule has 0 aliphatic rings. The van der Waals surface area contributed by atoms with E-state index >= 15 is 0 Å². The lowest BCUT2D eigenvalue weighted by molar-refractivity contribution is -0.135. The lowest BCUT2D eigenvalue weighted by Gasteiger charge is -2.08. The number of fused-ring (bicyclic) bond motifs is 1. The molecule has 0 saturated heterocycles. The highest BCUT2D eigenvalue weighted by atomic mass is 16.5. The van der Waals surface area contributed by atoms with Crippen LogP contribution in [-0.4, -0.2) is 15.5 Å². The highest BCUT2D eigenvalue weighted by Crippen LogP contribution is 2.13. The van der Waals surface area contributed by atoms with Crippen molar-refractivity contribution in [3.8, 4) is 5.75 Å². The molecular formula is C18H16N2O3. The molecule has 3 aromatic rings. The molecule has 3 rings (SSSR count). The minimum absolute atomic E-state index is 0.177. The van der Waals surface area contributed by atoms with Crippen LogP contribution in [0.2, 0.25) is 0 Å². The molecule has 0 spiro atoms. The third-order valence-electron chi connectivity index (χ3n) is 3.61. The van der Waals surface area contributed by atoms with Crippen LogP contribution in [0.4, 0.5) is 0 Å². The standard InChI is InChI=1S/C18H16N2O3/c1-12-6-8-14(9-7-12)23-16(21)10-20-11-19-17-13(2)4-3-5-15(17)18(20)22/h3-9,11H,10H2,1-2H3. The van der Waals surface area contributed by atoms with Crippen LogP contribution in [0, 0.1) is 13.8 Å². The van der Waals surface area contributed by atoms with Crippen molar-refractivity contribution in [3.05, 3.63) is 70.3 Å². The van der Waals surface area contributed by atoms with Gasteiger partial charge in [0.1, 0.15) is 12.3 Å². The molecule has 23 heavy (non-hydrogen) atoms. The Bertz CT molecular complexity index is 927. The topological polar surface area (TPSA) is 61.2 Å². The van der Waals surface area contributed by atoms with Crippen molar-refractivity contribution in [1.82, 2.24) is 9.55 Å². The highest BCUT2D eigenvalue weighted by Gasteiger charge is 2.10. The maximum Gasteiger partial charge on any atom is 0.331 e. The zero-order valence-corrected chi connectivity index (χ0v) is 12.9. The van der Waals surface area contributed by atoms with Crippen molar-refractivity contribution >= 4 is 16.9 Å². The number of nitrogens with zero attached hydrogens (tertiary/aromatic N) is 2. The Morgan fingerprint density at radius 2 is 1.87 bits per heavy atom. The second kappa shape index (κ2) is 6.04. The molecule has 5 nitrogen and oxygen atoms in total. The van der Waals surface area contributed by atoms with Gasteiger partial charge in [0, 0.05) is 0 Å². The molecule has 0 atom stereocenters. The molecule has 0 bridgehead atoms. The van der Waals surface area contributed by atoms with Crippen molar-refractivity contribution in [2.45, 2.75) is 20.4 Å². The zero-order valence-electron chi connectivity index (χ0n) is 12.9. The van der Waals surface area contributed by atoms with Crippen LogP contribution in [0.3, 0.4) is 0 Å². The molecular weight excluding hydrogens is 292 g/mol. The van der Waals surface area contributed by atoms with Gasteiger partial charge in [0.05, 0.1) is 17.2 Å². The minimum Gasteiger partial charge on any atom is -0.425 e. The Balaban J connectivity index is 1.84. The summed E-state index contributed by atoms with van der Waals surface area (Å²) in [7, 11) is 0. The van der Waals surface area contributed by atoms with E-state index in [1.165, 1.54) is 10.9 Å². The smallest absolute Gasteiger partial charge is 0.331 e. The number of hydrogen-bond acceptors (Lipinski definition) is 4. The number of benzene rings is 2. The number of rotatable bonds is 3. The van der Waals surface area contributed by atoms with Crippen LogP contribution in [0.25, 0.3) is 10.9 Å². The van der Waals surface area contributed by atoms with E-state index in [-0.39, 0.29) is 12.1 Å². The van der Waals surface area contributed by atoms with Gasteiger partial charge in [-0.1, -0.05) is 29.8 Å². The van der Waals surface area contributed by atoms with Crippen LogP contribution < -0.4 is 10.3 Å². The summed E-state index contributed by atoms with van der Waals surface area (Å²) in [5.74, 6) is -0.0528. The first-order valence-electron chi connectivity index (χ1n) is 7.27. The van der Waals surface area contributed by atoms with Gasteiger partial charge >= 0.3 is 5.97 Å². The second-order valence-electron chi connectivity index (χ2n) is 5.44. The third kappa shape index (κ3) is 3.13. The molecule has 0 N–H and O–H groups in total. The van der Waals surface area contributed by atoms with E-state index in [0.29, 0.717) is 16.7 Å². The maximum atomic E-state index is 12.4. The summed E-state index contributed by atoms with van der Waals surface area (Å²) in [6.45, 7) is 3.67. The SMILES string of the molecule is Cc1ccc(OC(=O)Cn2cnc3c(C)cccc3c2=O)cc1. The highest BCUT2D eigenvalue weighted by molar-refractivity contribution is 5.80. The predicted molar refractivity (Wildman–Crippen MR) is 87.6 cm³/mol. The van der Waals surface area contributed by atoms with Crippen molar-refractivity contribution < 1.29 is 9.53 Å². The summed E-state index contributed by atoms with van der Waals surface area (Å²) >= 11 is 0. The average molecular weight is 308 g/mol. The first kappa shape index (κ1) is 15.0. The lowest BCUT2D eigenvalue weighted by Crippen LogP contribution is -2.27. The Morgan fingerprint density at radius 3 is 2.61 bits per heavy atom. The lowest BCUT2D eigenvalue weighted by atomic mass is 10.1. The number of esters is 1. The maximum absolute atomic E-state index is 12.4. The van der Waals surface area contributed by atoms with Gasteiger partial charge in [-0.15, -0.1) is 0 Å². The van der Waals surface area contributed by atoms with Crippen molar-refractivity contribution in [3.63, 3.8) is 0 Å². The predicted octanol–water partition coefficient (Wildman–Crippen LogP) is 2.62. The number of para-hydroxylation sites is 1. The number of ether oxygens (including phenoxy) is 1. The Kier molecular flexibility index (Phi) is 3.93. The van der Waals surface area contributed by atoms with Crippen LogP contribution in [0.15, 0.2) is 53.6 Å². The first-order chi connectivity index (χ1) is 11.0. The minimum atomic E-state index is -0.509. The Morgan fingerprint density at radius 1 is 1.13 bits per heavy atom. The van der Waals surface area contributed by atoms with Crippen LogP contribution in [0.1, 0.15) is 11.1 Å². The van der Waals surface area contributed by atoms with Gasteiger partial charge in [-0.3, -0.25) is 9.36 Å². The normalized spacial score (nSPS) is 10.7. The van der Waals surface area contributed by atoms with E-state index in [0.717, 1.165) is 11.1 Å². The average Bonchev–Trinajstić information content (AvgIpc) is 2.53. The van der Waals surface area contributed by atoms with Gasteiger partial charge in [0.25, 0.3) is 5.56 Å². The van der Waals surface area contributed by atoms with E-state index < -0.39 is 5.97 Å². The molecule has 2 aromatic carbocycles. The molecule has 0 aliphatic carbocycles. The fraction of sp³-hybridized carbons (Fsp3) is 0.167. The quantitative estimate of drug-likeness (QED) is 0.551. The third-order valence-corrected chi connectivity index (χ3v) is 3.61. The number of aromatic nitrogens is 2. The monoisotopic (exact) mass is 308 g/mol. The molecule has 116 valence electrons. The summed E-state index contributed by atoms with van der Waals surface area (Å²) in [5, 5.41) is 0.496. The molecule has 0 unspecified atom stereocenters. The molecule has 0 fully saturated rings. The first-order valence-corrected chi connectivity index (χ1v) is 7.27. The van der Waals surface area contributed by atoms with E-state index in [1.807, 2.05) is 32.0 Å². The Labute approximate surface area is 133 Å². The van der Waals surface area contributed by atoms with Gasteiger partial charge in [-0.05, 0) is 37.6 Å². The number of carbonyl (C=O) groups excluding carboxylic acids is 1. The zero-order chi connectivity index (χ0) is 16.4. The van der Waals surface area contributed by atoms with Crippen LogP contribution in [0.5, 0.6) is 5.75 Å². The fourth-order valence-corrected chi connectivity index (χ4v) is 2.36. The van der Waals surface area contributed by atoms with Crippen molar-refractivity contribution in [2.75, 3.05) is 0 Å². The van der Waals surface area contributed by atoms with Crippen molar-refractivity contribution in [1.29, 1.82) is 0 Å². The fourth-order valence-electron chi connectivity index (χ4n) is 2.36. The molecule has 1 aromatic heterocycles. The second-order valence-corrected chi connectivity index (χ2v) is 5.44. The molecule has 0 saturated carbocycles. The van der Waals surface area contributed by atoms with Gasteiger partial charge in [-0.2, -0.15) is 0 Å². The van der Waals surface area contributed by atoms with Crippen molar-refractivity contribution in [2.24, 2.45) is 0 Å². The molecule has 5 heteroatoms.